The highest BCUT2D eigenvalue weighted by Crippen LogP contribution is 2.38. The Morgan fingerprint density at radius 2 is 1.09 bits per heavy atom. The third-order valence-electron chi connectivity index (χ3n) is 5.88. The highest BCUT2D eigenvalue weighted by molar-refractivity contribution is 7.16. The van der Waals surface area contributed by atoms with E-state index in [0.29, 0.717) is 0 Å². The summed E-state index contributed by atoms with van der Waals surface area (Å²) in [4.78, 5) is 5.36. The molecule has 0 radical (unpaired) electrons. The first-order valence-corrected chi connectivity index (χ1v) is 13.6. The zero-order chi connectivity index (χ0) is 22.8. The molecule has 3 rings (SSSR count). The van der Waals surface area contributed by atoms with Crippen LogP contribution in [0.25, 0.3) is 20.9 Å². The predicted molar refractivity (Wildman–Crippen MR) is 145 cm³/mol. The van der Waals surface area contributed by atoms with Crippen LogP contribution in [0.5, 0.6) is 0 Å². The molecule has 0 nitrogen and oxygen atoms in total. The summed E-state index contributed by atoms with van der Waals surface area (Å²) in [6.45, 7) is 4.51. The number of hydrogen-bond acceptors (Lipinski definition) is 2. The van der Waals surface area contributed by atoms with Crippen LogP contribution in [0.2, 0.25) is 0 Å². The van der Waals surface area contributed by atoms with Crippen LogP contribution in [-0.4, -0.2) is 0 Å². The van der Waals surface area contributed by atoms with Gasteiger partial charge >= 0.3 is 0 Å². The number of thiophene rings is 2. The maximum absolute atomic E-state index is 5.89. The average Bonchev–Trinajstić information content (AvgIpc) is 3.48. The number of aryl methyl sites for hydroxylation is 2. The van der Waals surface area contributed by atoms with Crippen LogP contribution < -0.4 is 0 Å². The van der Waals surface area contributed by atoms with Crippen molar-refractivity contribution in [1.82, 2.24) is 0 Å². The normalized spacial score (nSPS) is 10.8. The van der Waals surface area contributed by atoms with Gasteiger partial charge in [0.25, 0.3) is 0 Å². The first kappa shape index (κ1) is 24.4. The molecule has 0 aliphatic rings. The summed E-state index contributed by atoms with van der Waals surface area (Å²) in [6.07, 6.45) is 24.4. The number of terminal acetylenes is 2. The van der Waals surface area contributed by atoms with Gasteiger partial charge in [0.15, 0.2) is 0 Å². The van der Waals surface area contributed by atoms with Crippen LogP contribution in [0, 0.1) is 24.7 Å². The van der Waals surface area contributed by atoms with Crippen LogP contribution in [0.15, 0.2) is 36.4 Å². The Labute approximate surface area is 203 Å². The molecule has 0 atom stereocenters. The van der Waals surface area contributed by atoms with E-state index in [4.69, 9.17) is 12.8 Å². The molecule has 0 saturated heterocycles. The second kappa shape index (κ2) is 12.7. The Morgan fingerprint density at radius 3 is 1.50 bits per heavy atom. The van der Waals surface area contributed by atoms with E-state index in [-0.39, 0.29) is 0 Å². The molecule has 2 heterocycles. The van der Waals surface area contributed by atoms with E-state index < -0.39 is 0 Å². The van der Waals surface area contributed by atoms with Crippen molar-refractivity contribution in [3.8, 4) is 45.6 Å². The minimum Gasteiger partial charge on any atom is -0.140 e. The fraction of sp³-hybridized carbons (Fsp3) is 0.400. The summed E-state index contributed by atoms with van der Waals surface area (Å²) in [5.74, 6) is 5.75. The maximum Gasteiger partial charge on any atom is 0.0358 e. The molecule has 2 heteroatoms. The van der Waals surface area contributed by atoms with Crippen molar-refractivity contribution < 1.29 is 0 Å². The second-order valence-electron chi connectivity index (χ2n) is 8.39. The molecule has 0 amide bonds. The van der Waals surface area contributed by atoms with E-state index in [1.807, 2.05) is 28.7 Å². The van der Waals surface area contributed by atoms with E-state index in [9.17, 15) is 0 Å². The van der Waals surface area contributed by atoms with E-state index in [1.165, 1.54) is 70.9 Å². The Bertz CT molecular complexity index is 997. The lowest BCUT2D eigenvalue weighted by Crippen LogP contribution is -1.89. The van der Waals surface area contributed by atoms with Crippen LogP contribution in [0.1, 0.15) is 86.1 Å². The molecule has 0 bridgehead atoms. The largest absolute Gasteiger partial charge is 0.140 e. The van der Waals surface area contributed by atoms with Gasteiger partial charge in [-0.05, 0) is 62.1 Å². The quantitative estimate of drug-likeness (QED) is 0.187. The molecule has 166 valence electrons. The molecule has 0 aliphatic carbocycles. The maximum atomic E-state index is 5.89. The van der Waals surface area contributed by atoms with Gasteiger partial charge in [-0.3, -0.25) is 0 Å². The van der Waals surface area contributed by atoms with Gasteiger partial charge in [0.1, 0.15) is 0 Å². The zero-order valence-corrected chi connectivity index (χ0v) is 21.1. The molecule has 0 N–H and O–H groups in total. The third-order valence-corrected chi connectivity index (χ3v) is 8.23. The van der Waals surface area contributed by atoms with Crippen molar-refractivity contribution in [3.05, 3.63) is 57.3 Å². The van der Waals surface area contributed by atoms with Gasteiger partial charge in [0.05, 0.1) is 0 Å². The summed E-state index contributed by atoms with van der Waals surface area (Å²) in [5.41, 5.74) is 4.03. The summed E-state index contributed by atoms with van der Waals surface area (Å²) >= 11 is 3.74. The molecule has 0 fully saturated rings. The molecule has 1 aromatic carbocycles. The average molecular weight is 459 g/mol. The Hall–Kier alpha value is -2.26. The molecular formula is C30H34S2. The minimum absolute atomic E-state index is 0.887. The Morgan fingerprint density at radius 1 is 0.625 bits per heavy atom. The molecular weight excluding hydrogens is 424 g/mol. The van der Waals surface area contributed by atoms with Crippen LogP contribution in [0.4, 0.5) is 0 Å². The van der Waals surface area contributed by atoms with E-state index in [2.05, 4.69) is 56.0 Å². The van der Waals surface area contributed by atoms with E-state index >= 15 is 0 Å². The van der Waals surface area contributed by atoms with Crippen molar-refractivity contribution in [2.75, 3.05) is 0 Å². The van der Waals surface area contributed by atoms with Crippen LogP contribution >= 0.6 is 22.7 Å². The first-order valence-electron chi connectivity index (χ1n) is 12.0. The van der Waals surface area contributed by atoms with Crippen LogP contribution in [-0.2, 0) is 12.8 Å². The van der Waals surface area contributed by atoms with Crippen molar-refractivity contribution in [2.45, 2.75) is 78.1 Å². The third kappa shape index (κ3) is 6.38. The molecule has 3 aromatic rings. The van der Waals surface area contributed by atoms with Crippen molar-refractivity contribution in [1.29, 1.82) is 0 Å². The molecule has 0 saturated carbocycles. The first-order chi connectivity index (χ1) is 15.7. The minimum atomic E-state index is 0.887. The van der Waals surface area contributed by atoms with Gasteiger partial charge in [0.2, 0.25) is 0 Å². The van der Waals surface area contributed by atoms with Gasteiger partial charge in [-0.2, -0.15) is 0 Å². The lowest BCUT2D eigenvalue weighted by atomic mass is 9.97. The Balaban J connectivity index is 1.86. The fourth-order valence-corrected chi connectivity index (χ4v) is 6.17. The highest BCUT2D eigenvalue weighted by atomic mass is 32.1. The van der Waals surface area contributed by atoms with E-state index in [1.54, 1.807) is 0 Å². The molecule has 32 heavy (non-hydrogen) atoms. The topological polar surface area (TPSA) is 0 Å². The highest BCUT2D eigenvalue weighted by Gasteiger charge is 2.14. The summed E-state index contributed by atoms with van der Waals surface area (Å²) in [7, 11) is 0. The molecule has 0 aliphatic heterocycles. The van der Waals surface area contributed by atoms with Gasteiger partial charge in [0, 0.05) is 41.8 Å². The SMILES string of the molecule is C#Cc1cc(C#C)c(-c2ccc(CCCCCC)s2)cc1-c1ccc(CCCCCC)s1. The number of unbranched alkanes of at least 4 members (excludes halogenated alkanes) is 6. The molecule has 0 unspecified atom stereocenters. The predicted octanol–water partition coefficient (Wildman–Crippen LogP) is 9.35. The second-order valence-corrected chi connectivity index (χ2v) is 10.7. The number of rotatable bonds is 12. The standard InChI is InChI=1S/C30H34S2/c1-5-9-11-13-15-25-17-19-29(31-25)27-22-28(24(8-4)21-23(27)7-3)30-20-18-26(32-30)16-14-12-10-6-2/h3-4,17-22H,5-6,9-16H2,1-2H3. The summed E-state index contributed by atoms with van der Waals surface area (Å²) in [6, 6.07) is 13.2. The van der Waals surface area contributed by atoms with Gasteiger partial charge in [-0.15, -0.1) is 35.5 Å². The molecule has 0 spiro atoms. The number of hydrogen-bond donors (Lipinski definition) is 0. The fourth-order valence-electron chi connectivity index (χ4n) is 4.01. The van der Waals surface area contributed by atoms with Crippen molar-refractivity contribution in [3.63, 3.8) is 0 Å². The monoisotopic (exact) mass is 458 g/mol. The lowest BCUT2D eigenvalue weighted by molar-refractivity contribution is 0.670. The van der Waals surface area contributed by atoms with Crippen LogP contribution in [0.3, 0.4) is 0 Å². The summed E-state index contributed by atoms with van der Waals surface area (Å²) in [5, 5.41) is 0. The molecule has 2 aromatic heterocycles. The Kier molecular flexibility index (Phi) is 9.67. The van der Waals surface area contributed by atoms with Gasteiger partial charge in [-0.25, -0.2) is 0 Å². The zero-order valence-electron chi connectivity index (χ0n) is 19.5. The number of benzene rings is 1. The smallest absolute Gasteiger partial charge is 0.0358 e. The lowest BCUT2D eigenvalue weighted by Gasteiger charge is -2.09. The van der Waals surface area contributed by atoms with Gasteiger partial charge < -0.3 is 0 Å². The van der Waals surface area contributed by atoms with Crippen molar-refractivity contribution in [2.24, 2.45) is 0 Å². The van der Waals surface area contributed by atoms with E-state index in [0.717, 1.165) is 35.1 Å². The van der Waals surface area contributed by atoms with Gasteiger partial charge in [-0.1, -0.05) is 64.2 Å². The van der Waals surface area contributed by atoms with Crippen molar-refractivity contribution >= 4 is 22.7 Å². The summed E-state index contributed by atoms with van der Waals surface area (Å²) < 4.78 is 0.